The van der Waals surface area contributed by atoms with Crippen molar-refractivity contribution < 1.29 is 22.7 Å². The fourth-order valence-corrected chi connectivity index (χ4v) is 6.47. The fourth-order valence-electron chi connectivity index (χ4n) is 4.96. The Kier molecular flexibility index (Phi) is 5.98. The van der Waals surface area contributed by atoms with E-state index in [9.17, 15) is 18.0 Å². The van der Waals surface area contributed by atoms with Gasteiger partial charge in [0.05, 0.1) is 34.4 Å². The number of nitrogens with one attached hydrogen (secondary N) is 1. The van der Waals surface area contributed by atoms with Crippen LogP contribution in [0.25, 0.3) is 0 Å². The molecule has 2 amide bonds. The number of carbonyl (C=O) groups excluding carboxylic acids is 2. The molecule has 1 aromatic carbocycles. The Bertz CT molecular complexity index is 1270. The molecular weight excluding hydrogens is 496 g/mol. The summed E-state index contributed by atoms with van der Waals surface area (Å²) in [5.41, 5.74) is 0.635. The molecule has 3 heterocycles. The molecule has 12 heteroatoms. The van der Waals surface area contributed by atoms with E-state index in [4.69, 9.17) is 4.74 Å². The lowest BCUT2D eigenvalue weighted by Gasteiger charge is -2.42. The molecule has 5 rings (SSSR count). The van der Waals surface area contributed by atoms with Crippen molar-refractivity contribution in [3.05, 3.63) is 17.7 Å². The minimum absolute atomic E-state index is 0.0112. The van der Waals surface area contributed by atoms with Gasteiger partial charge in [-0.3, -0.25) is 14.7 Å². The van der Waals surface area contributed by atoms with Gasteiger partial charge in [0, 0.05) is 38.8 Å². The molecule has 37 heavy (non-hydrogen) atoms. The third-order valence-corrected chi connectivity index (χ3v) is 8.87. The molecule has 4 aliphatic rings. The topological polar surface area (TPSA) is 115 Å². The summed E-state index contributed by atoms with van der Waals surface area (Å²) in [5.74, 6) is 0.278. The molecule has 1 aliphatic carbocycles. The van der Waals surface area contributed by atoms with E-state index in [1.54, 1.807) is 18.0 Å². The van der Waals surface area contributed by atoms with Crippen molar-refractivity contribution in [2.75, 3.05) is 49.6 Å². The molecule has 1 atom stereocenters. The second kappa shape index (κ2) is 8.59. The predicted molar refractivity (Wildman–Crippen MR) is 141 cm³/mol. The van der Waals surface area contributed by atoms with Crippen LogP contribution < -0.4 is 14.5 Å². The molecule has 11 nitrogen and oxygen atoms in total. The normalized spacial score (nSPS) is 23.0. The summed E-state index contributed by atoms with van der Waals surface area (Å²) in [4.78, 5) is 38.0. The Balaban J connectivity index is 1.54. The van der Waals surface area contributed by atoms with Crippen molar-refractivity contribution >= 4 is 39.4 Å². The number of nitrogens with zero attached hydrogens (tertiary/aromatic N) is 5. The van der Waals surface area contributed by atoms with E-state index in [1.165, 1.54) is 11.0 Å². The van der Waals surface area contributed by atoms with Crippen LogP contribution >= 0.6 is 0 Å². The van der Waals surface area contributed by atoms with Gasteiger partial charge in [-0.15, -0.1) is 0 Å². The average Bonchev–Trinajstić information content (AvgIpc) is 3.40. The van der Waals surface area contributed by atoms with Crippen molar-refractivity contribution in [2.45, 2.75) is 69.5 Å². The number of rotatable bonds is 4. The van der Waals surface area contributed by atoms with Gasteiger partial charge in [0.1, 0.15) is 5.60 Å². The van der Waals surface area contributed by atoms with Gasteiger partial charge < -0.3 is 19.4 Å². The summed E-state index contributed by atoms with van der Waals surface area (Å²) < 4.78 is 35.1. The van der Waals surface area contributed by atoms with E-state index in [0.29, 0.717) is 55.6 Å². The number of anilines is 2. The standard InChI is InChI=1S/C25H36N6O5S/c1-16-15-26-22-28(6)21(32)18-13-17(37(34,35)27-25(5)7-8-25)14-19(20(18)31(16)22)29-9-11-30(12-10-29)23(33)36-24(2,3)4/h13-14,16,27H,7-12,15H2,1-6H3/t16-/m1/s1. The fraction of sp³-hybridized carbons (Fsp3) is 0.640. The molecule has 202 valence electrons. The highest BCUT2D eigenvalue weighted by atomic mass is 32.2. The second-order valence-corrected chi connectivity index (χ2v) is 13.4. The highest BCUT2D eigenvalue weighted by molar-refractivity contribution is 7.89. The first-order valence-electron chi connectivity index (χ1n) is 12.8. The molecule has 1 aromatic rings. The van der Waals surface area contributed by atoms with E-state index < -0.39 is 21.2 Å². The summed E-state index contributed by atoms with van der Waals surface area (Å²) in [6.45, 7) is 11.7. The number of hydrogen-bond donors (Lipinski definition) is 1. The lowest BCUT2D eigenvalue weighted by molar-refractivity contribution is 0.0240. The van der Waals surface area contributed by atoms with Crippen molar-refractivity contribution in [1.29, 1.82) is 0 Å². The highest BCUT2D eigenvalue weighted by Crippen LogP contribution is 2.43. The summed E-state index contributed by atoms with van der Waals surface area (Å²) in [6.07, 6.45) is 1.19. The van der Waals surface area contributed by atoms with Crippen LogP contribution in [0.2, 0.25) is 0 Å². The molecule has 0 spiro atoms. The molecule has 1 N–H and O–H groups in total. The van der Waals surface area contributed by atoms with Crippen molar-refractivity contribution in [3.8, 4) is 0 Å². The summed E-state index contributed by atoms with van der Waals surface area (Å²) in [7, 11) is -2.19. The lowest BCUT2D eigenvalue weighted by Crippen LogP contribution is -2.53. The molecule has 0 aromatic heterocycles. The van der Waals surface area contributed by atoms with Gasteiger partial charge in [0.15, 0.2) is 0 Å². The summed E-state index contributed by atoms with van der Waals surface area (Å²) >= 11 is 0. The number of benzene rings is 1. The van der Waals surface area contributed by atoms with E-state index in [-0.39, 0.29) is 22.9 Å². The zero-order chi connectivity index (χ0) is 26.9. The first-order valence-corrected chi connectivity index (χ1v) is 14.2. The number of hydrogen-bond acceptors (Lipinski definition) is 8. The maximum atomic E-state index is 13.5. The number of aliphatic imine (C=N–C) groups is 1. The zero-order valence-corrected chi connectivity index (χ0v) is 23.2. The zero-order valence-electron chi connectivity index (χ0n) is 22.4. The number of guanidine groups is 1. The Labute approximate surface area is 218 Å². The van der Waals surface area contributed by atoms with Crippen molar-refractivity contribution in [1.82, 2.24) is 14.5 Å². The molecule has 1 saturated carbocycles. The molecular formula is C25H36N6O5S. The van der Waals surface area contributed by atoms with Gasteiger partial charge in [-0.1, -0.05) is 0 Å². The van der Waals surface area contributed by atoms with Gasteiger partial charge in [0.2, 0.25) is 16.0 Å². The first-order chi connectivity index (χ1) is 17.2. The van der Waals surface area contributed by atoms with E-state index >= 15 is 0 Å². The van der Waals surface area contributed by atoms with E-state index in [2.05, 4.69) is 14.6 Å². The van der Waals surface area contributed by atoms with E-state index in [1.807, 2.05) is 39.5 Å². The molecule has 0 radical (unpaired) electrons. The van der Waals surface area contributed by atoms with Crippen LogP contribution in [0.5, 0.6) is 0 Å². The Morgan fingerprint density at radius 1 is 1.16 bits per heavy atom. The summed E-state index contributed by atoms with van der Waals surface area (Å²) in [5, 5.41) is 0. The van der Waals surface area contributed by atoms with Crippen LogP contribution in [0, 0.1) is 0 Å². The largest absolute Gasteiger partial charge is 0.444 e. The van der Waals surface area contributed by atoms with Crippen molar-refractivity contribution in [3.63, 3.8) is 0 Å². The van der Waals surface area contributed by atoms with Gasteiger partial charge in [0.25, 0.3) is 5.91 Å². The number of ether oxygens (including phenoxy) is 1. The SMILES string of the molecule is C[C@@H]1CN=C2N(C)C(=O)c3cc(S(=O)(=O)NC4(C)CC4)cc(N4CCN(C(=O)OC(C)(C)C)CC4)c3N21. The Morgan fingerprint density at radius 2 is 1.81 bits per heavy atom. The van der Waals surface area contributed by atoms with Crippen LogP contribution in [-0.2, 0) is 14.8 Å². The number of carbonyl (C=O) groups is 2. The van der Waals surface area contributed by atoms with Crippen LogP contribution in [0.15, 0.2) is 22.0 Å². The quantitative estimate of drug-likeness (QED) is 0.632. The molecule has 3 aliphatic heterocycles. The highest BCUT2D eigenvalue weighted by Gasteiger charge is 2.44. The van der Waals surface area contributed by atoms with Gasteiger partial charge in [-0.2, -0.15) is 0 Å². The average molecular weight is 533 g/mol. The van der Waals surface area contributed by atoms with Crippen LogP contribution in [0.4, 0.5) is 16.2 Å². The number of piperazine rings is 1. The molecule has 0 unspecified atom stereocenters. The number of sulfonamides is 1. The van der Waals surface area contributed by atoms with Crippen molar-refractivity contribution in [2.24, 2.45) is 4.99 Å². The van der Waals surface area contributed by atoms with Crippen LogP contribution in [0.1, 0.15) is 57.8 Å². The lowest BCUT2D eigenvalue weighted by atomic mass is 10.0. The monoisotopic (exact) mass is 532 g/mol. The third-order valence-electron chi connectivity index (χ3n) is 7.26. The minimum Gasteiger partial charge on any atom is -0.444 e. The number of amides is 2. The van der Waals surface area contributed by atoms with Gasteiger partial charge >= 0.3 is 6.09 Å². The van der Waals surface area contributed by atoms with Crippen LogP contribution in [-0.4, -0.2) is 93.1 Å². The Morgan fingerprint density at radius 3 is 2.41 bits per heavy atom. The smallest absolute Gasteiger partial charge is 0.410 e. The van der Waals surface area contributed by atoms with Gasteiger partial charge in [-0.25, -0.2) is 17.9 Å². The minimum atomic E-state index is -3.85. The van der Waals surface area contributed by atoms with Gasteiger partial charge in [-0.05, 0) is 59.6 Å². The molecule has 1 saturated heterocycles. The maximum absolute atomic E-state index is 13.5. The Hall–Kier alpha value is -2.86. The summed E-state index contributed by atoms with van der Waals surface area (Å²) in [6, 6.07) is 3.17. The molecule has 2 fully saturated rings. The first kappa shape index (κ1) is 25.8. The maximum Gasteiger partial charge on any atom is 0.410 e. The van der Waals surface area contributed by atoms with Crippen LogP contribution in [0.3, 0.4) is 0 Å². The van der Waals surface area contributed by atoms with E-state index in [0.717, 1.165) is 12.8 Å². The predicted octanol–water partition coefficient (Wildman–Crippen LogP) is 2.22. The molecule has 0 bridgehead atoms. The second-order valence-electron chi connectivity index (χ2n) is 11.7. The third kappa shape index (κ3) is 4.76. The number of fused-ring (bicyclic) bond motifs is 3.